The summed E-state index contributed by atoms with van der Waals surface area (Å²) in [4.78, 5) is 25.5. The largest absolute Gasteiger partial charge is 0.419 e. The molecule has 0 radical (unpaired) electrons. The van der Waals surface area contributed by atoms with Gasteiger partial charge in [-0.05, 0) is 35.9 Å². The Kier molecular flexibility index (Phi) is 4.40. The number of carbonyl (C=O) groups excluding carboxylic acids is 1. The molecule has 1 heterocycles. The maximum absolute atomic E-state index is 11.2. The number of nitrogens with zero attached hydrogens (tertiary/aromatic N) is 2. The quantitative estimate of drug-likeness (QED) is 0.373. The molecule has 0 aliphatic rings. The number of nitro groups is 1. The fraction of sp³-hybridized carbons (Fsp3) is 0.0667. The molecule has 0 bridgehead atoms. The lowest BCUT2D eigenvalue weighted by Gasteiger charge is -2.04. The molecule has 0 fully saturated rings. The van der Waals surface area contributed by atoms with Crippen LogP contribution in [-0.2, 0) is 4.79 Å². The van der Waals surface area contributed by atoms with Crippen molar-refractivity contribution in [2.24, 2.45) is 0 Å². The molecule has 106 valence electrons. The summed E-state index contributed by atoms with van der Waals surface area (Å²) >= 11 is 0. The van der Waals surface area contributed by atoms with Gasteiger partial charge in [0, 0.05) is 19.3 Å². The van der Waals surface area contributed by atoms with Crippen LogP contribution in [0.2, 0.25) is 0 Å². The number of carbonyl (C=O) groups is 1. The Morgan fingerprint density at radius 2 is 1.95 bits per heavy atom. The van der Waals surface area contributed by atoms with Gasteiger partial charge in [-0.1, -0.05) is 12.1 Å². The third kappa shape index (κ3) is 3.73. The van der Waals surface area contributed by atoms with Crippen LogP contribution in [0.25, 0.3) is 12.2 Å². The van der Waals surface area contributed by atoms with E-state index < -0.39 is 10.9 Å². The smallest absolute Gasteiger partial charge is 0.318 e. The fourth-order valence-corrected chi connectivity index (χ4v) is 1.77. The minimum atomic E-state index is -0.603. The normalized spacial score (nSPS) is 10.5. The number of rotatable bonds is 4. The average Bonchev–Trinajstić information content (AvgIpc) is 2.45. The molecule has 0 unspecified atom stereocenters. The third-order valence-corrected chi connectivity index (χ3v) is 2.63. The van der Waals surface area contributed by atoms with Gasteiger partial charge in [0.2, 0.25) is 5.75 Å². The topological polar surface area (TPSA) is 82.3 Å². The minimum Gasteiger partial charge on any atom is -0.419 e. The first-order valence-electron chi connectivity index (χ1n) is 6.12. The second kappa shape index (κ2) is 6.42. The predicted octanol–water partition coefficient (Wildman–Crippen LogP) is 3.09. The minimum absolute atomic E-state index is 0.0654. The van der Waals surface area contributed by atoms with Crippen molar-refractivity contribution < 1.29 is 14.5 Å². The van der Waals surface area contributed by atoms with E-state index in [2.05, 4.69) is 4.98 Å². The number of hydrogen-bond acceptors (Lipinski definition) is 5. The Morgan fingerprint density at radius 3 is 2.57 bits per heavy atom. The van der Waals surface area contributed by atoms with E-state index in [4.69, 9.17) is 4.74 Å². The number of ether oxygens (including phenoxy) is 1. The van der Waals surface area contributed by atoms with Gasteiger partial charge in [-0.3, -0.25) is 19.9 Å². The van der Waals surface area contributed by atoms with E-state index in [1.165, 1.54) is 13.0 Å². The van der Waals surface area contributed by atoms with Gasteiger partial charge in [-0.2, -0.15) is 0 Å². The zero-order chi connectivity index (χ0) is 15.2. The standard InChI is InChI=1S/C15H12N2O4/c1-11(18)21-14-4-2-3-13(15(14)17(19)20)6-5-12-7-9-16-10-8-12/h2-10H,1H3. The van der Waals surface area contributed by atoms with Crippen molar-refractivity contribution in [1.29, 1.82) is 0 Å². The molecule has 1 aromatic carbocycles. The van der Waals surface area contributed by atoms with Crippen LogP contribution in [0.4, 0.5) is 5.69 Å². The molecule has 0 N–H and O–H groups in total. The van der Waals surface area contributed by atoms with Gasteiger partial charge in [-0.15, -0.1) is 0 Å². The van der Waals surface area contributed by atoms with Crippen molar-refractivity contribution in [3.05, 3.63) is 64.0 Å². The van der Waals surface area contributed by atoms with Gasteiger partial charge in [-0.25, -0.2) is 0 Å². The van der Waals surface area contributed by atoms with Crippen LogP contribution in [0.5, 0.6) is 5.75 Å². The SMILES string of the molecule is CC(=O)Oc1cccc(C=Cc2ccncc2)c1[N+](=O)[O-]. The van der Waals surface area contributed by atoms with E-state index in [0.717, 1.165) is 5.56 Å². The molecule has 0 saturated heterocycles. The van der Waals surface area contributed by atoms with E-state index in [1.54, 1.807) is 48.8 Å². The van der Waals surface area contributed by atoms with Gasteiger partial charge < -0.3 is 4.74 Å². The summed E-state index contributed by atoms with van der Waals surface area (Å²) in [5, 5.41) is 11.2. The van der Waals surface area contributed by atoms with E-state index in [-0.39, 0.29) is 11.4 Å². The van der Waals surface area contributed by atoms with Crippen molar-refractivity contribution in [2.75, 3.05) is 0 Å². The first-order chi connectivity index (χ1) is 10.1. The molecule has 1 aromatic heterocycles. The maximum atomic E-state index is 11.2. The number of esters is 1. The van der Waals surface area contributed by atoms with E-state index in [9.17, 15) is 14.9 Å². The van der Waals surface area contributed by atoms with Gasteiger partial charge in [0.25, 0.3) is 0 Å². The molecule has 0 saturated carbocycles. The van der Waals surface area contributed by atoms with E-state index in [1.807, 2.05) is 0 Å². The van der Waals surface area contributed by atoms with Crippen LogP contribution in [0.3, 0.4) is 0 Å². The summed E-state index contributed by atoms with van der Waals surface area (Å²) in [6, 6.07) is 8.13. The summed E-state index contributed by atoms with van der Waals surface area (Å²) in [6.07, 6.45) is 6.58. The fourth-order valence-electron chi connectivity index (χ4n) is 1.77. The van der Waals surface area contributed by atoms with Crippen molar-refractivity contribution in [1.82, 2.24) is 4.98 Å². The number of pyridine rings is 1. The van der Waals surface area contributed by atoms with Crippen LogP contribution in [0.15, 0.2) is 42.7 Å². The Balaban J connectivity index is 2.41. The molecule has 0 atom stereocenters. The van der Waals surface area contributed by atoms with E-state index >= 15 is 0 Å². The zero-order valence-electron chi connectivity index (χ0n) is 11.2. The van der Waals surface area contributed by atoms with Crippen molar-refractivity contribution in [3.63, 3.8) is 0 Å². The summed E-state index contributed by atoms with van der Waals surface area (Å²) < 4.78 is 4.87. The van der Waals surface area contributed by atoms with Crippen LogP contribution in [-0.4, -0.2) is 15.9 Å². The lowest BCUT2D eigenvalue weighted by molar-refractivity contribution is -0.385. The Labute approximate surface area is 120 Å². The van der Waals surface area contributed by atoms with Crippen molar-refractivity contribution in [2.45, 2.75) is 6.92 Å². The van der Waals surface area contributed by atoms with Crippen LogP contribution in [0.1, 0.15) is 18.1 Å². The lowest BCUT2D eigenvalue weighted by atomic mass is 10.1. The monoisotopic (exact) mass is 284 g/mol. The third-order valence-electron chi connectivity index (χ3n) is 2.63. The number of hydrogen-bond donors (Lipinski definition) is 0. The maximum Gasteiger partial charge on any atom is 0.318 e. The first-order valence-corrected chi connectivity index (χ1v) is 6.12. The first kappa shape index (κ1) is 14.4. The average molecular weight is 284 g/mol. The molecule has 6 heteroatoms. The Morgan fingerprint density at radius 1 is 1.24 bits per heavy atom. The van der Waals surface area contributed by atoms with Crippen molar-refractivity contribution in [3.8, 4) is 5.75 Å². The van der Waals surface area contributed by atoms with Crippen LogP contribution < -0.4 is 4.74 Å². The molecule has 0 spiro atoms. The highest BCUT2D eigenvalue weighted by molar-refractivity contribution is 5.78. The lowest BCUT2D eigenvalue weighted by Crippen LogP contribution is -2.04. The Bertz CT molecular complexity index is 696. The second-order valence-electron chi connectivity index (χ2n) is 4.16. The highest BCUT2D eigenvalue weighted by atomic mass is 16.6. The highest BCUT2D eigenvalue weighted by Gasteiger charge is 2.20. The molecule has 2 rings (SSSR count). The molecular weight excluding hydrogens is 272 g/mol. The van der Waals surface area contributed by atoms with Crippen LogP contribution in [0, 0.1) is 10.1 Å². The molecule has 0 aliphatic carbocycles. The molecule has 6 nitrogen and oxygen atoms in total. The summed E-state index contributed by atoms with van der Waals surface area (Å²) in [7, 11) is 0. The molecular formula is C15H12N2O4. The Hall–Kier alpha value is -3.02. The van der Waals surface area contributed by atoms with Gasteiger partial charge in [0.05, 0.1) is 10.5 Å². The molecule has 0 amide bonds. The van der Waals surface area contributed by atoms with Gasteiger partial charge in [0.15, 0.2) is 0 Å². The zero-order valence-corrected chi connectivity index (χ0v) is 11.2. The van der Waals surface area contributed by atoms with E-state index in [0.29, 0.717) is 5.56 Å². The summed E-state index contributed by atoms with van der Waals surface area (Å²) in [5.74, 6) is -0.669. The predicted molar refractivity (Wildman–Crippen MR) is 77.6 cm³/mol. The number of nitro benzene ring substituents is 1. The van der Waals surface area contributed by atoms with Crippen molar-refractivity contribution >= 4 is 23.8 Å². The number of aromatic nitrogens is 1. The number of para-hydroxylation sites is 1. The van der Waals surface area contributed by atoms with Gasteiger partial charge >= 0.3 is 11.7 Å². The van der Waals surface area contributed by atoms with Gasteiger partial charge in [0.1, 0.15) is 0 Å². The second-order valence-corrected chi connectivity index (χ2v) is 4.16. The summed E-state index contributed by atoms with van der Waals surface area (Å²) in [5.41, 5.74) is 0.978. The number of benzene rings is 1. The van der Waals surface area contributed by atoms with Crippen LogP contribution >= 0.6 is 0 Å². The summed E-state index contributed by atoms with van der Waals surface area (Å²) in [6.45, 7) is 1.20. The molecule has 0 aliphatic heterocycles. The highest BCUT2D eigenvalue weighted by Crippen LogP contribution is 2.32. The molecule has 2 aromatic rings. The molecule has 21 heavy (non-hydrogen) atoms.